The van der Waals surface area contributed by atoms with Crippen molar-refractivity contribution in [1.82, 2.24) is 0 Å². The smallest absolute Gasteiger partial charge is 0.365 e. The van der Waals surface area contributed by atoms with E-state index in [4.69, 9.17) is 14.5 Å². The number of carbonyl (C=O) groups is 1. The molecule has 1 unspecified atom stereocenters. The van der Waals surface area contributed by atoms with E-state index in [1.54, 1.807) is 31.2 Å². The number of rotatable bonds is 6. The fraction of sp³-hybridized carbons (Fsp3) is 0.417. The van der Waals surface area contributed by atoms with Gasteiger partial charge >= 0.3 is 7.60 Å². The first-order valence-corrected chi connectivity index (χ1v) is 7.31. The molecule has 0 aliphatic rings. The van der Waals surface area contributed by atoms with E-state index in [0.29, 0.717) is 12.2 Å². The summed E-state index contributed by atoms with van der Waals surface area (Å²) in [6.45, 7) is 3.15. The van der Waals surface area contributed by atoms with Crippen molar-refractivity contribution < 1.29 is 23.9 Å². The lowest BCUT2D eigenvalue weighted by Gasteiger charge is -2.18. The zero-order valence-electron chi connectivity index (χ0n) is 10.4. The molecule has 0 saturated heterocycles. The Morgan fingerprint density at radius 2 is 1.89 bits per heavy atom. The summed E-state index contributed by atoms with van der Waals surface area (Å²) >= 11 is 0. The summed E-state index contributed by atoms with van der Waals surface area (Å²) in [7, 11) is -4.25. The maximum atomic E-state index is 11.1. The Morgan fingerprint density at radius 1 is 1.33 bits per heavy atom. The fourth-order valence-corrected chi connectivity index (χ4v) is 2.25. The lowest BCUT2D eigenvalue weighted by Crippen LogP contribution is -2.15. The molecule has 1 aromatic carbocycles. The summed E-state index contributed by atoms with van der Waals surface area (Å²) in [5.74, 6) is -0.682. The molecule has 100 valence electrons. The van der Waals surface area contributed by atoms with E-state index in [-0.39, 0.29) is 12.2 Å². The molecule has 0 bridgehead atoms. The summed E-state index contributed by atoms with van der Waals surface area (Å²) in [4.78, 5) is 29.0. The predicted molar refractivity (Wildman–Crippen MR) is 67.6 cm³/mol. The van der Waals surface area contributed by atoms with E-state index >= 15 is 0 Å². The number of ketones is 1. The molecule has 0 heterocycles. The topological polar surface area (TPSA) is 83.8 Å². The Balaban J connectivity index is 2.74. The van der Waals surface area contributed by atoms with Crippen LogP contribution in [0.5, 0.6) is 5.75 Å². The number of ether oxygens (including phenoxy) is 1. The van der Waals surface area contributed by atoms with Crippen molar-refractivity contribution in [3.8, 4) is 5.75 Å². The molecular formula is C12H17O5P. The summed E-state index contributed by atoms with van der Waals surface area (Å²) in [6, 6.07) is 6.64. The molecule has 1 atom stereocenters. The molecule has 2 N–H and O–H groups in total. The van der Waals surface area contributed by atoms with E-state index in [9.17, 15) is 9.36 Å². The first-order valence-electron chi connectivity index (χ1n) is 5.63. The Kier molecular flexibility index (Phi) is 5.08. The second-order valence-corrected chi connectivity index (χ2v) is 5.85. The molecule has 1 aromatic rings. The zero-order chi connectivity index (χ0) is 13.8. The zero-order valence-corrected chi connectivity index (χ0v) is 11.3. The van der Waals surface area contributed by atoms with Crippen LogP contribution >= 0.6 is 7.60 Å². The normalized spacial score (nSPS) is 13.1. The van der Waals surface area contributed by atoms with Gasteiger partial charge in [0.25, 0.3) is 0 Å². The minimum Gasteiger partial charge on any atom is -0.478 e. The van der Waals surface area contributed by atoms with Gasteiger partial charge in [0, 0.05) is 6.42 Å². The van der Waals surface area contributed by atoms with Crippen molar-refractivity contribution in [2.45, 2.75) is 32.5 Å². The van der Waals surface area contributed by atoms with Crippen molar-refractivity contribution >= 4 is 13.4 Å². The Bertz CT molecular complexity index is 448. The molecule has 18 heavy (non-hydrogen) atoms. The van der Waals surface area contributed by atoms with Crippen LogP contribution in [0.1, 0.15) is 25.8 Å². The van der Waals surface area contributed by atoms with Crippen LogP contribution in [0, 0.1) is 0 Å². The van der Waals surface area contributed by atoms with Crippen molar-refractivity contribution in [3.05, 3.63) is 29.8 Å². The average molecular weight is 272 g/mol. The molecule has 6 heteroatoms. The average Bonchev–Trinajstić information content (AvgIpc) is 2.25. The first-order chi connectivity index (χ1) is 8.32. The van der Waals surface area contributed by atoms with Gasteiger partial charge in [0.15, 0.2) is 5.85 Å². The minimum atomic E-state index is -4.25. The third-order valence-corrected chi connectivity index (χ3v) is 3.59. The summed E-state index contributed by atoms with van der Waals surface area (Å²) < 4.78 is 16.3. The molecule has 1 rings (SSSR count). The van der Waals surface area contributed by atoms with Crippen LogP contribution in [-0.2, 0) is 15.8 Å². The van der Waals surface area contributed by atoms with Crippen molar-refractivity contribution in [2.24, 2.45) is 0 Å². The largest absolute Gasteiger partial charge is 0.478 e. The van der Waals surface area contributed by atoms with Gasteiger partial charge in [-0.3, -0.25) is 9.36 Å². The maximum absolute atomic E-state index is 11.1. The van der Waals surface area contributed by atoms with Crippen LogP contribution < -0.4 is 4.74 Å². The van der Waals surface area contributed by atoms with E-state index in [2.05, 4.69) is 0 Å². The summed E-state index contributed by atoms with van der Waals surface area (Å²) in [6.07, 6.45) is 0.565. The molecule has 0 saturated carbocycles. The molecule has 0 aliphatic heterocycles. The van der Waals surface area contributed by atoms with Gasteiger partial charge in [0.1, 0.15) is 11.5 Å². The molecule has 0 radical (unpaired) electrons. The van der Waals surface area contributed by atoms with Gasteiger partial charge in [-0.15, -0.1) is 0 Å². The molecule has 0 spiro atoms. The monoisotopic (exact) mass is 272 g/mol. The van der Waals surface area contributed by atoms with Crippen LogP contribution in [0.2, 0.25) is 0 Å². The van der Waals surface area contributed by atoms with Crippen LogP contribution in [0.15, 0.2) is 24.3 Å². The molecule has 0 amide bonds. The fourth-order valence-electron chi connectivity index (χ4n) is 1.52. The highest BCUT2D eigenvalue weighted by Gasteiger charge is 2.28. The highest BCUT2D eigenvalue weighted by Crippen LogP contribution is 2.43. The van der Waals surface area contributed by atoms with Crippen LogP contribution in [0.25, 0.3) is 0 Å². The second kappa shape index (κ2) is 6.14. The van der Waals surface area contributed by atoms with Crippen LogP contribution in [0.3, 0.4) is 0 Å². The van der Waals surface area contributed by atoms with Gasteiger partial charge in [-0.05, 0) is 31.0 Å². The number of hydrogen-bond acceptors (Lipinski definition) is 3. The number of hydrogen-bond donors (Lipinski definition) is 2. The Hall–Kier alpha value is -1.16. The first kappa shape index (κ1) is 14.9. The van der Waals surface area contributed by atoms with Crippen LogP contribution in [-0.4, -0.2) is 21.4 Å². The lowest BCUT2D eigenvalue weighted by molar-refractivity contribution is -0.116. The quantitative estimate of drug-likeness (QED) is 0.775. The molecule has 0 fully saturated rings. The maximum Gasteiger partial charge on any atom is 0.365 e. The van der Waals surface area contributed by atoms with Gasteiger partial charge < -0.3 is 14.5 Å². The second-order valence-electron chi connectivity index (χ2n) is 4.09. The van der Waals surface area contributed by atoms with Gasteiger partial charge in [-0.2, -0.15) is 0 Å². The Labute approximate surface area is 106 Å². The highest BCUT2D eigenvalue weighted by molar-refractivity contribution is 7.52. The van der Waals surface area contributed by atoms with Gasteiger partial charge in [-0.25, -0.2) is 0 Å². The van der Waals surface area contributed by atoms with Gasteiger partial charge in [-0.1, -0.05) is 19.1 Å². The third kappa shape index (κ3) is 4.61. The molecule has 0 aliphatic carbocycles. The highest BCUT2D eigenvalue weighted by atomic mass is 31.2. The van der Waals surface area contributed by atoms with Crippen LogP contribution in [0.4, 0.5) is 0 Å². The predicted octanol–water partition coefficient (Wildman–Crippen LogP) is 2.11. The number of benzene rings is 1. The van der Waals surface area contributed by atoms with Gasteiger partial charge in [0.2, 0.25) is 0 Å². The van der Waals surface area contributed by atoms with E-state index in [0.717, 1.165) is 5.56 Å². The lowest BCUT2D eigenvalue weighted by atomic mass is 10.1. The van der Waals surface area contributed by atoms with Crippen molar-refractivity contribution in [2.75, 3.05) is 0 Å². The molecule has 5 nitrogen and oxygen atoms in total. The Morgan fingerprint density at radius 3 is 2.28 bits per heavy atom. The molecule has 0 aromatic heterocycles. The third-order valence-electron chi connectivity index (χ3n) is 2.37. The minimum absolute atomic E-state index is 0.0605. The van der Waals surface area contributed by atoms with Crippen molar-refractivity contribution in [3.63, 3.8) is 0 Å². The van der Waals surface area contributed by atoms with Gasteiger partial charge in [0.05, 0.1) is 0 Å². The van der Waals surface area contributed by atoms with E-state index < -0.39 is 13.4 Å². The SMILES string of the molecule is CCC(Oc1ccc(CC(C)=O)cc1)P(=O)(O)O. The summed E-state index contributed by atoms with van der Waals surface area (Å²) in [5.41, 5.74) is 0.846. The number of carbonyl (C=O) groups excluding carboxylic acids is 1. The van der Waals surface area contributed by atoms with Crippen molar-refractivity contribution in [1.29, 1.82) is 0 Å². The number of Topliss-reactive ketones (excluding diaryl/α,β-unsaturated/α-hetero) is 1. The summed E-state index contributed by atoms with van der Waals surface area (Å²) in [5, 5.41) is 0. The molecular weight excluding hydrogens is 255 g/mol. The van der Waals surface area contributed by atoms with E-state index in [1.165, 1.54) is 6.92 Å². The van der Waals surface area contributed by atoms with E-state index in [1.807, 2.05) is 0 Å². The standard InChI is InChI=1S/C12H17O5P/c1-3-12(18(14,15)16)17-11-6-4-10(5-7-11)8-9(2)13/h4-7,12H,3,8H2,1-2H3,(H2,14,15,16).